The minimum Gasteiger partial charge on any atom is -0.497 e. The molecule has 4 heteroatoms. The smallest absolute Gasteiger partial charge is 0.253 e. The number of benzene rings is 1. The molecule has 1 aromatic carbocycles. The van der Waals surface area contributed by atoms with E-state index in [1.807, 2.05) is 17.0 Å². The lowest BCUT2D eigenvalue weighted by Gasteiger charge is -2.29. The lowest BCUT2D eigenvalue weighted by Crippen LogP contribution is -2.38. The fraction of sp³-hybridized carbons (Fsp3) is 0.462. The van der Waals surface area contributed by atoms with Crippen LogP contribution < -0.4 is 4.74 Å². The number of hydrogen-bond acceptors (Lipinski definition) is 2. The van der Waals surface area contributed by atoms with E-state index in [0.717, 1.165) is 31.7 Å². The van der Waals surface area contributed by atoms with Crippen LogP contribution in [0.4, 0.5) is 0 Å². The number of likely N-dealkylation sites (tertiary alicyclic amines) is 1. The van der Waals surface area contributed by atoms with Crippen LogP contribution in [0.3, 0.4) is 0 Å². The number of hydrogen-bond donors (Lipinski definition) is 0. The van der Waals surface area contributed by atoms with Gasteiger partial charge in [0.1, 0.15) is 5.75 Å². The molecule has 0 N–H and O–H groups in total. The third-order valence-corrected chi connectivity index (χ3v) is 3.49. The number of piperidine rings is 1. The molecule has 1 fully saturated rings. The van der Waals surface area contributed by atoms with Gasteiger partial charge in [0, 0.05) is 24.0 Å². The Morgan fingerprint density at radius 3 is 2.41 bits per heavy atom. The number of amides is 1. The van der Waals surface area contributed by atoms with Crippen LogP contribution in [-0.2, 0) is 0 Å². The summed E-state index contributed by atoms with van der Waals surface area (Å²) in [6, 6.07) is 7.21. The van der Waals surface area contributed by atoms with Gasteiger partial charge in [0.25, 0.3) is 5.91 Å². The van der Waals surface area contributed by atoms with Crippen molar-refractivity contribution in [3.8, 4) is 5.75 Å². The second-order valence-electron chi connectivity index (χ2n) is 4.20. The summed E-state index contributed by atoms with van der Waals surface area (Å²) in [6.07, 6.45) is 1.76. The van der Waals surface area contributed by atoms with Gasteiger partial charge < -0.3 is 9.64 Å². The zero-order valence-electron chi connectivity index (χ0n) is 9.86. The lowest BCUT2D eigenvalue weighted by atomic mass is 10.1. The number of carbonyl (C=O) groups excluding carboxylic acids is 1. The molecular formula is C13H16ClNO2. The Hall–Kier alpha value is -1.22. The van der Waals surface area contributed by atoms with Crippen LogP contribution in [0.5, 0.6) is 5.75 Å². The monoisotopic (exact) mass is 253 g/mol. The van der Waals surface area contributed by atoms with Gasteiger partial charge in [-0.05, 0) is 37.1 Å². The first kappa shape index (κ1) is 12.2. The molecule has 0 atom stereocenters. The van der Waals surface area contributed by atoms with Crippen LogP contribution >= 0.6 is 11.6 Å². The summed E-state index contributed by atoms with van der Waals surface area (Å²) in [7, 11) is 1.61. The van der Waals surface area contributed by atoms with E-state index in [1.54, 1.807) is 19.2 Å². The van der Waals surface area contributed by atoms with Crippen molar-refractivity contribution in [2.24, 2.45) is 0 Å². The minimum absolute atomic E-state index is 0.0798. The predicted octanol–water partition coefficient (Wildman–Crippen LogP) is 2.54. The second-order valence-corrected chi connectivity index (χ2v) is 4.81. The summed E-state index contributed by atoms with van der Waals surface area (Å²) < 4.78 is 5.07. The predicted molar refractivity (Wildman–Crippen MR) is 67.8 cm³/mol. The molecular weight excluding hydrogens is 238 g/mol. The summed E-state index contributed by atoms with van der Waals surface area (Å²) in [6.45, 7) is 1.50. The van der Waals surface area contributed by atoms with Crippen molar-refractivity contribution in [1.29, 1.82) is 0 Å². The number of alkyl halides is 1. The molecule has 0 spiro atoms. The quantitative estimate of drug-likeness (QED) is 0.758. The molecule has 0 bridgehead atoms. The van der Waals surface area contributed by atoms with E-state index in [1.165, 1.54) is 0 Å². The van der Waals surface area contributed by atoms with E-state index in [-0.39, 0.29) is 11.3 Å². The maximum atomic E-state index is 12.1. The van der Waals surface area contributed by atoms with Crippen molar-refractivity contribution in [1.82, 2.24) is 4.90 Å². The number of nitrogens with zero attached hydrogens (tertiary/aromatic N) is 1. The third kappa shape index (κ3) is 2.91. The highest BCUT2D eigenvalue weighted by Crippen LogP contribution is 2.19. The molecule has 0 saturated carbocycles. The van der Waals surface area contributed by atoms with Crippen molar-refractivity contribution in [3.05, 3.63) is 29.8 Å². The molecule has 1 amide bonds. The summed E-state index contributed by atoms with van der Waals surface area (Å²) in [5.41, 5.74) is 0.707. The molecule has 1 aromatic rings. The first-order valence-electron chi connectivity index (χ1n) is 5.78. The molecule has 0 radical (unpaired) electrons. The Morgan fingerprint density at radius 1 is 1.29 bits per heavy atom. The van der Waals surface area contributed by atoms with Crippen molar-refractivity contribution in [2.75, 3.05) is 20.2 Å². The maximum absolute atomic E-state index is 12.1. The van der Waals surface area contributed by atoms with E-state index < -0.39 is 0 Å². The molecule has 0 unspecified atom stereocenters. The molecule has 0 aromatic heterocycles. The zero-order chi connectivity index (χ0) is 12.3. The van der Waals surface area contributed by atoms with Gasteiger partial charge in [-0.3, -0.25) is 4.79 Å². The van der Waals surface area contributed by atoms with Crippen molar-refractivity contribution < 1.29 is 9.53 Å². The van der Waals surface area contributed by atoms with Crippen molar-refractivity contribution in [2.45, 2.75) is 18.2 Å². The van der Waals surface area contributed by atoms with Gasteiger partial charge in [-0.1, -0.05) is 0 Å². The summed E-state index contributed by atoms with van der Waals surface area (Å²) >= 11 is 6.02. The first-order chi connectivity index (χ1) is 8.20. The lowest BCUT2D eigenvalue weighted by molar-refractivity contribution is 0.0726. The van der Waals surface area contributed by atoms with E-state index in [0.29, 0.717) is 5.56 Å². The molecule has 1 aliphatic heterocycles. The van der Waals surface area contributed by atoms with E-state index in [2.05, 4.69) is 0 Å². The Balaban J connectivity index is 2.03. The van der Waals surface area contributed by atoms with Gasteiger partial charge in [0.15, 0.2) is 0 Å². The number of ether oxygens (including phenoxy) is 1. The Morgan fingerprint density at radius 2 is 1.88 bits per heavy atom. The molecule has 17 heavy (non-hydrogen) atoms. The molecule has 1 aliphatic rings. The highest BCUT2D eigenvalue weighted by Gasteiger charge is 2.22. The molecule has 0 aliphatic carbocycles. The summed E-state index contributed by atoms with van der Waals surface area (Å²) in [5, 5.41) is 0.218. The SMILES string of the molecule is COc1ccc(C(=O)N2CCC(Cl)CC2)cc1. The minimum atomic E-state index is 0.0798. The van der Waals surface area contributed by atoms with Crippen LogP contribution in [0, 0.1) is 0 Å². The van der Waals surface area contributed by atoms with Crippen molar-refractivity contribution in [3.63, 3.8) is 0 Å². The molecule has 1 saturated heterocycles. The Kier molecular flexibility index (Phi) is 3.89. The van der Waals surface area contributed by atoms with E-state index >= 15 is 0 Å². The number of halogens is 1. The number of carbonyl (C=O) groups is 1. The Labute approximate surface area is 106 Å². The van der Waals surface area contributed by atoms with Gasteiger partial charge in [-0.2, -0.15) is 0 Å². The fourth-order valence-electron chi connectivity index (χ4n) is 1.97. The van der Waals surface area contributed by atoms with Gasteiger partial charge in [-0.25, -0.2) is 0 Å². The fourth-order valence-corrected chi connectivity index (χ4v) is 2.16. The normalized spacial score (nSPS) is 16.9. The largest absolute Gasteiger partial charge is 0.497 e. The van der Waals surface area contributed by atoms with Crippen LogP contribution in [0.1, 0.15) is 23.2 Å². The number of methoxy groups -OCH3 is 1. The van der Waals surface area contributed by atoms with E-state index in [9.17, 15) is 4.79 Å². The van der Waals surface area contributed by atoms with E-state index in [4.69, 9.17) is 16.3 Å². The van der Waals surface area contributed by atoms with Crippen LogP contribution in [0.2, 0.25) is 0 Å². The number of rotatable bonds is 2. The molecule has 2 rings (SSSR count). The van der Waals surface area contributed by atoms with Gasteiger partial charge in [-0.15, -0.1) is 11.6 Å². The molecule has 92 valence electrons. The topological polar surface area (TPSA) is 29.5 Å². The molecule has 1 heterocycles. The standard InChI is InChI=1S/C13H16ClNO2/c1-17-12-4-2-10(3-5-12)13(16)15-8-6-11(14)7-9-15/h2-5,11H,6-9H2,1H3. The summed E-state index contributed by atoms with van der Waals surface area (Å²) in [5.74, 6) is 0.845. The highest BCUT2D eigenvalue weighted by molar-refractivity contribution is 6.20. The second kappa shape index (κ2) is 5.41. The third-order valence-electron chi connectivity index (χ3n) is 3.05. The van der Waals surface area contributed by atoms with Crippen molar-refractivity contribution >= 4 is 17.5 Å². The van der Waals surface area contributed by atoms with Crippen LogP contribution in [-0.4, -0.2) is 36.4 Å². The zero-order valence-corrected chi connectivity index (χ0v) is 10.6. The average molecular weight is 254 g/mol. The van der Waals surface area contributed by atoms with Gasteiger partial charge in [0.2, 0.25) is 0 Å². The Bertz CT molecular complexity index is 383. The van der Waals surface area contributed by atoms with Crippen LogP contribution in [0.15, 0.2) is 24.3 Å². The van der Waals surface area contributed by atoms with Crippen LogP contribution in [0.25, 0.3) is 0 Å². The van der Waals surface area contributed by atoms with Gasteiger partial charge in [0.05, 0.1) is 7.11 Å². The maximum Gasteiger partial charge on any atom is 0.253 e. The average Bonchev–Trinajstić information content (AvgIpc) is 2.39. The first-order valence-corrected chi connectivity index (χ1v) is 6.22. The highest BCUT2D eigenvalue weighted by atomic mass is 35.5. The summed E-state index contributed by atoms with van der Waals surface area (Å²) in [4.78, 5) is 14.0. The molecule has 3 nitrogen and oxygen atoms in total. The van der Waals surface area contributed by atoms with Gasteiger partial charge >= 0.3 is 0 Å².